The molecule has 4 nitrogen and oxygen atoms in total. The smallest absolute Gasteiger partial charge is 0.163 e. The Labute approximate surface area is 164 Å². The molecule has 0 bridgehead atoms. The Hall–Kier alpha value is -2.43. The molecule has 2 heterocycles. The van der Waals surface area contributed by atoms with Crippen LogP contribution in [0.4, 0.5) is 0 Å². The third-order valence-electron chi connectivity index (χ3n) is 4.78. The van der Waals surface area contributed by atoms with Crippen molar-refractivity contribution in [1.29, 1.82) is 0 Å². The Bertz CT molecular complexity index is 934. The molecule has 5 heteroatoms. The standard InChI is InChI=1S/C22H23ClN2O2/c1-3-26-20-12-16-14-24-22(15-7-9-17(23)10-8-15)18-6-5-11-25(18)19(16)13-21(20)27-4-2/h5-13,22,24H,3-4,14H2,1-2H3. The first kappa shape index (κ1) is 18.0. The van der Waals surface area contributed by atoms with E-state index in [1.54, 1.807) is 0 Å². The van der Waals surface area contributed by atoms with Crippen molar-refractivity contribution in [3.8, 4) is 17.2 Å². The summed E-state index contributed by atoms with van der Waals surface area (Å²) in [7, 11) is 0. The molecule has 3 aromatic rings. The van der Waals surface area contributed by atoms with Gasteiger partial charge in [-0.15, -0.1) is 0 Å². The Morgan fingerprint density at radius 3 is 2.44 bits per heavy atom. The summed E-state index contributed by atoms with van der Waals surface area (Å²) in [6.45, 7) is 5.91. The molecule has 1 aromatic heterocycles. The lowest BCUT2D eigenvalue weighted by molar-refractivity contribution is 0.287. The van der Waals surface area contributed by atoms with Gasteiger partial charge in [0.25, 0.3) is 0 Å². The Morgan fingerprint density at radius 2 is 1.74 bits per heavy atom. The molecule has 0 spiro atoms. The fraction of sp³-hybridized carbons (Fsp3) is 0.273. The molecule has 0 aliphatic carbocycles. The first-order valence-corrected chi connectivity index (χ1v) is 9.68. The van der Waals surface area contributed by atoms with Crippen molar-refractivity contribution in [1.82, 2.24) is 9.88 Å². The van der Waals surface area contributed by atoms with Crippen LogP contribution in [0.5, 0.6) is 11.5 Å². The maximum absolute atomic E-state index is 6.08. The Balaban J connectivity index is 1.81. The second-order valence-corrected chi connectivity index (χ2v) is 6.90. The number of nitrogens with one attached hydrogen (secondary N) is 1. The Kier molecular flexibility index (Phi) is 5.10. The summed E-state index contributed by atoms with van der Waals surface area (Å²) < 4.78 is 13.9. The van der Waals surface area contributed by atoms with Crippen LogP contribution in [0, 0.1) is 0 Å². The highest BCUT2D eigenvalue weighted by Gasteiger charge is 2.24. The molecule has 0 radical (unpaired) electrons. The highest BCUT2D eigenvalue weighted by atomic mass is 35.5. The number of halogens is 1. The lowest BCUT2D eigenvalue weighted by Crippen LogP contribution is -2.21. The van der Waals surface area contributed by atoms with Gasteiger partial charge in [-0.1, -0.05) is 23.7 Å². The topological polar surface area (TPSA) is 35.4 Å². The van der Waals surface area contributed by atoms with E-state index in [0.29, 0.717) is 13.2 Å². The molecule has 0 amide bonds. The first-order valence-electron chi connectivity index (χ1n) is 9.30. The van der Waals surface area contributed by atoms with Gasteiger partial charge < -0.3 is 19.4 Å². The van der Waals surface area contributed by atoms with Crippen LogP contribution in [-0.4, -0.2) is 17.8 Å². The zero-order valence-electron chi connectivity index (χ0n) is 15.5. The van der Waals surface area contributed by atoms with Gasteiger partial charge in [-0.05, 0) is 55.3 Å². The summed E-state index contributed by atoms with van der Waals surface area (Å²) >= 11 is 6.08. The maximum atomic E-state index is 6.08. The van der Waals surface area contributed by atoms with Crippen molar-refractivity contribution in [3.63, 3.8) is 0 Å². The summed E-state index contributed by atoms with van der Waals surface area (Å²) in [5.41, 5.74) is 4.66. The second kappa shape index (κ2) is 7.67. The molecule has 1 N–H and O–H groups in total. The molecule has 1 aliphatic rings. The SMILES string of the molecule is CCOc1cc2c(cc1OCC)-n1cccc1C(c1ccc(Cl)cc1)NC2. The zero-order valence-corrected chi connectivity index (χ0v) is 16.3. The molecule has 140 valence electrons. The van der Waals surface area contributed by atoms with Crippen LogP contribution in [0.25, 0.3) is 5.69 Å². The quantitative estimate of drug-likeness (QED) is 0.665. The van der Waals surface area contributed by atoms with Crippen LogP contribution in [0.2, 0.25) is 5.02 Å². The highest BCUT2D eigenvalue weighted by Crippen LogP contribution is 2.37. The molecule has 1 aliphatic heterocycles. The van der Waals surface area contributed by atoms with Crippen LogP contribution >= 0.6 is 11.6 Å². The van der Waals surface area contributed by atoms with Gasteiger partial charge in [0.15, 0.2) is 11.5 Å². The van der Waals surface area contributed by atoms with Gasteiger partial charge in [0.05, 0.1) is 24.9 Å². The average molecular weight is 383 g/mol. The number of ether oxygens (including phenoxy) is 2. The summed E-state index contributed by atoms with van der Waals surface area (Å²) in [4.78, 5) is 0. The van der Waals surface area contributed by atoms with E-state index in [9.17, 15) is 0 Å². The number of nitrogens with zero attached hydrogens (tertiary/aromatic N) is 1. The lowest BCUT2D eigenvalue weighted by atomic mass is 10.0. The van der Waals surface area contributed by atoms with Crippen molar-refractivity contribution in [3.05, 3.63) is 76.6 Å². The number of rotatable bonds is 5. The maximum Gasteiger partial charge on any atom is 0.163 e. The minimum Gasteiger partial charge on any atom is -0.490 e. The highest BCUT2D eigenvalue weighted by molar-refractivity contribution is 6.30. The normalized spacial score (nSPS) is 15.6. The summed E-state index contributed by atoms with van der Waals surface area (Å²) in [5, 5.41) is 4.42. The zero-order chi connectivity index (χ0) is 18.8. The van der Waals surface area contributed by atoms with Gasteiger partial charge in [0.1, 0.15) is 0 Å². The van der Waals surface area contributed by atoms with Crippen molar-refractivity contribution in [2.75, 3.05) is 13.2 Å². The van der Waals surface area contributed by atoms with E-state index >= 15 is 0 Å². The van der Waals surface area contributed by atoms with Crippen LogP contribution in [0.15, 0.2) is 54.7 Å². The van der Waals surface area contributed by atoms with E-state index in [1.165, 1.54) is 16.8 Å². The number of hydrogen-bond acceptors (Lipinski definition) is 3. The molecule has 4 rings (SSSR count). The lowest BCUT2D eigenvalue weighted by Gasteiger charge is -2.18. The number of aromatic nitrogens is 1. The fourth-order valence-electron chi connectivity index (χ4n) is 3.60. The van der Waals surface area contributed by atoms with E-state index in [4.69, 9.17) is 21.1 Å². The molecule has 1 atom stereocenters. The van der Waals surface area contributed by atoms with Crippen LogP contribution in [-0.2, 0) is 6.54 Å². The molecule has 0 saturated carbocycles. The minimum absolute atomic E-state index is 0.0794. The third kappa shape index (κ3) is 3.43. The molecule has 2 aromatic carbocycles. The van der Waals surface area contributed by atoms with Crippen LogP contribution in [0.3, 0.4) is 0 Å². The molecule has 0 saturated heterocycles. The molecule has 0 fully saturated rings. The van der Waals surface area contributed by atoms with Crippen LogP contribution < -0.4 is 14.8 Å². The van der Waals surface area contributed by atoms with Gasteiger partial charge in [-0.2, -0.15) is 0 Å². The van der Waals surface area contributed by atoms with E-state index in [0.717, 1.165) is 28.8 Å². The van der Waals surface area contributed by atoms with Gasteiger partial charge in [-0.25, -0.2) is 0 Å². The van der Waals surface area contributed by atoms with Crippen molar-refractivity contribution in [2.45, 2.75) is 26.4 Å². The number of benzene rings is 2. The summed E-state index contributed by atoms with van der Waals surface area (Å²) in [5.74, 6) is 1.57. The molecular weight excluding hydrogens is 360 g/mol. The van der Waals surface area contributed by atoms with E-state index in [1.807, 2.05) is 26.0 Å². The van der Waals surface area contributed by atoms with E-state index in [-0.39, 0.29) is 6.04 Å². The molecule has 1 unspecified atom stereocenters. The van der Waals surface area contributed by atoms with Crippen molar-refractivity contribution in [2.24, 2.45) is 0 Å². The van der Waals surface area contributed by atoms with Crippen molar-refractivity contribution < 1.29 is 9.47 Å². The first-order chi connectivity index (χ1) is 13.2. The number of fused-ring (bicyclic) bond motifs is 3. The van der Waals surface area contributed by atoms with Gasteiger partial charge in [-0.3, -0.25) is 0 Å². The number of hydrogen-bond donors (Lipinski definition) is 1. The summed E-state index contributed by atoms with van der Waals surface area (Å²) in [6, 6.07) is 16.5. The summed E-state index contributed by atoms with van der Waals surface area (Å²) in [6.07, 6.45) is 2.10. The van der Waals surface area contributed by atoms with Crippen LogP contribution in [0.1, 0.15) is 36.7 Å². The van der Waals surface area contributed by atoms with E-state index in [2.05, 4.69) is 52.5 Å². The van der Waals surface area contributed by atoms with Gasteiger partial charge >= 0.3 is 0 Å². The minimum atomic E-state index is 0.0794. The van der Waals surface area contributed by atoms with Crippen molar-refractivity contribution >= 4 is 11.6 Å². The van der Waals surface area contributed by atoms with Gasteiger partial charge in [0, 0.05) is 29.5 Å². The van der Waals surface area contributed by atoms with Gasteiger partial charge in [0.2, 0.25) is 0 Å². The molecular formula is C22H23ClN2O2. The second-order valence-electron chi connectivity index (χ2n) is 6.46. The van der Waals surface area contributed by atoms with E-state index < -0.39 is 0 Å². The predicted molar refractivity (Wildman–Crippen MR) is 108 cm³/mol. The Morgan fingerprint density at radius 1 is 1.04 bits per heavy atom. The monoisotopic (exact) mass is 382 g/mol. The fourth-order valence-corrected chi connectivity index (χ4v) is 3.73. The average Bonchev–Trinajstić information content (AvgIpc) is 3.09. The largest absolute Gasteiger partial charge is 0.490 e. The molecule has 27 heavy (non-hydrogen) atoms. The third-order valence-corrected chi connectivity index (χ3v) is 5.03. The predicted octanol–water partition coefficient (Wildman–Crippen LogP) is 5.12.